The smallest absolute Gasteiger partial charge is 0.214 e. The molecule has 3 N–H and O–H groups in total. The normalized spacial score (nSPS) is 13.9. The van der Waals surface area contributed by atoms with Crippen LogP contribution >= 0.6 is 0 Å². The van der Waals surface area contributed by atoms with Crippen molar-refractivity contribution in [2.45, 2.75) is 38.6 Å². The first kappa shape index (κ1) is 14.2. The zero-order chi connectivity index (χ0) is 13.1. The van der Waals surface area contributed by atoms with Crippen LogP contribution in [0.25, 0.3) is 0 Å². The van der Waals surface area contributed by atoms with Gasteiger partial charge in [-0.25, -0.2) is 13.1 Å². The average Bonchev–Trinajstić information content (AvgIpc) is 2.28. The molecule has 0 saturated carbocycles. The lowest BCUT2D eigenvalue weighted by atomic mass is 10.1. The molecule has 0 saturated heterocycles. The standard InChI is InChI=1S/C12H20N2O2S/c1-9(2)17(15,16)14-10(3)12-6-4-11(8-13)5-7-12/h4-7,9-10,14H,8,13H2,1-3H3. The van der Waals surface area contributed by atoms with Crippen LogP contribution in [-0.4, -0.2) is 13.7 Å². The lowest BCUT2D eigenvalue weighted by Crippen LogP contribution is -2.32. The van der Waals surface area contributed by atoms with Crippen LogP contribution < -0.4 is 10.5 Å². The topological polar surface area (TPSA) is 72.2 Å². The number of rotatable bonds is 5. The maximum atomic E-state index is 11.7. The Balaban J connectivity index is 2.80. The second-order valence-corrected chi connectivity index (χ2v) is 6.65. The van der Waals surface area contributed by atoms with E-state index >= 15 is 0 Å². The number of nitrogens with one attached hydrogen (secondary N) is 1. The Morgan fingerprint density at radius 3 is 2.12 bits per heavy atom. The first-order valence-electron chi connectivity index (χ1n) is 5.67. The van der Waals surface area contributed by atoms with Crippen LogP contribution in [0.1, 0.15) is 37.9 Å². The van der Waals surface area contributed by atoms with Crippen molar-refractivity contribution in [1.29, 1.82) is 0 Å². The van der Waals surface area contributed by atoms with E-state index in [1.807, 2.05) is 31.2 Å². The largest absolute Gasteiger partial charge is 0.326 e. The van der Waals surface area contributed by atoms with Crippen molar-refractivity contribution < 1.29 is 8.42 Å². The number of nitrogens with two attached hydrogens (primary N) is 1. The molecule has 17 heavy (non-hydrogen) atoms. The quantitative estimate of drug-likeness (QED) is 0.839. The highest BCUT2D eigenvalue weighted by atomic mass is 32.2. The molecule has 0 spiro atoms. The molecule has 0 fully saturated rings. The summed E-state index contributed by atoms with van der Waals surface area (Å²) in [6.07, 6.45) is 0. The molecule has 1 atom stereocenters. The van der Waals surface area contributed by atoms with Crippen LogP contribution in [0.4, 0.5) is 0 Å². The minimum absolute atomic E-state index is 0.228. The summed E-state index contributed by atoms with van der Waals surface area (Å²) >= 11 is 0. The molecule has 96 valence electrons. The molecular weight excluding hydrogens is 236 g/mol. The van der Waals surface area contributed by atoms with Gasteiger partial charge in [0.25, 0.3) is 0 Å². The molecule has 0 amide bonds. The summed E-state index contributed by atoms with van der Waals surface area (Å²) in [5, 5.41) is -0.423. The van der Waals surface area contributed by atoms with E-state index < -0.39 is 15.3 Å². The van der Waals surface area contributed by atoms with Crippen molar-refractivity contribution in [2.75, 3.05) is 0 Å². The zero-order valence-corrected chi connectivity index (χ0v) is 11.3. The summed E-state index contributed by atoms with van der Waals surface area (Å²) in [5.74, 6) is 0. The van der Waals surface area contributed by atoms with Crippen LogP contribution in [0.3, 0.4) is 0 Å². The number of hydrogen-bond acceptors (Lipinski definition) is 3. The summed E-state index contributed by atoms with van der Waals surface area (Å²) in [4.78, 5) is 0. The fourth-order valence-electron chi connectivity index (χ4n) is 1.39. The predicted octanol–water partition coefficient (Wildman–Crippen LogP) is 1.53. The van der Waals surface area contributed by atoms with Crippen LogP contribution in [-0.2, 0) is 16.6 Å². The summed E-state index contributed by atoms with van der Waals surface area (Å²) in [7, 11) is -3.24. The van der Waals surface area contributed by atoms with E-state index in [4.69, 9.17) is 5.73 Å². The number of sulfonamides is 1. The molecule has 1 aromatic carbocycles. The van der Waals surface area contributed by atoms with E-state index in [9.17, 15) is 8.42 Å². The summed E-state index contributed by atoms with van der Waals surface area (Å²) in [6, 6.07) is 7.39. The fraction of sp³-hybridized carbons (Fsp3) is 0.500. The molecule has 1 rings (SSSR count). The van der Waals surface area contributed by atoms with Crippen molar-refractivity contribution in [1.82, 2.24) is 4.72 Å². The third-order valence-corrected chi connectivity index (χ3v) is 4.60. The van der Waals surface area contributed by atoms with Crippen LogP contribution in [0.5, 0.6) is 0 Å². The van der Waals surface area contributed by atoms with Gasteiger partial charge in [-0.1, -0.05) is 24.3 Å². The van der Waals surface area contributed by atoms with Crippen LogP contribution in [0, 0.1) is 0 Å². The molecule has 0 aliphatic carbocycles. The first-order valence-corrected chi connectivity index (χ1v) is 7.21. The van der Waals surface area contributed by atoms with Gasteiger partial charge in [-0.2, -0.15) is 0 Å². The molecule has 5 heteroatoms. The van der Waals surface area contributed by atoms with E-state index in [1.54, 1.807) is 13.8 Å². The minimum Gasteiger partial charge on any atom is -0.326 e. The Hall–Kier alpha value is -0.910. The van der Waals surface area contributed by atoms with Crippen molar-refractivity contribution in [3.8, 4) is 0 Å². The highest BCUT2D eigenvalue weighted by molar-refractivity contribution is 7.90. The van der Waals surface area contributed by atoms with Gasteiger partial charge in [0.1, 0.15) is 0 Å². The van der Waals surface area contributed by atoms with Gasteiger partial charge in [0.05, 0.1) is 5.25 Å². The Morgan fingerprint density at radius 1 is 1.18 bits per heavy atom. The maximum absolute atomic E-state index is 11.7. The van der Waals surface area contributed by atoms with Gasteiger partial charge in [-0.3, -0.25) is 0 Å². The van der Waals surface area contributed by atoms with Gasteiger partial charge in [0.15, 0.2) is 0 Å². The predicted molar refractivity (Wildman–Crippen MR) is 69.9 cm³/mol. The Labute approximate surface area is 103 Å². The molecule has 0 bridgehead atoms. The molecule has 0 aromatic heterocycles. The van der Waals surface area contributed by atoms with Crippen LogP contribution in [0.2, 0.25) is 0 Å². The Kier molecular flexibility index (Phi) is 4.68. The molecule has 4 nitrogen and oxygen atoms in total. The monoisotopic (exact) mass is 256 g/mol. The van der Waals surface area contributed by atoms with Crippen molar-refractivity contribution >= 4 is 10.0 Å². The molecule has 0 heterocycles. The SMILES string of the molecule is CC(NS(=O)(=O)C(C)C)c1ccc(CN)cc1. The third-order valence-electron chi connectivity index (χ3n) is 2.68. The lowest BCUT2D eigenvalue weighted by Gasteiger charge is -2.16. The molecule has 1 unspecified atom stereocenters. The number of hydrogen-bond donors (Lipinski definition) is 2. The molecular formula is C12H20N2O2S. The summed E-state index contributed by atoms with van der Waals surface area (Å²) in [5.41, 5.74) is 7.48. The zero-order valence-electron chi connectivity index (χ0n) is 10.5. The van der Waals surface area contributed by atoms with Gasteiger partial charge in [-0.15, -0.1) is 0 Å². The van der Waals surface area contributed by atoms with E-state index in [2.05, 4.69) is 4.72 Å². The second-order valence-electron chi connectivity index (χ2n) is 4.38. The highest BCUT2D eigenvalue weighted by Crippen LogP contribution is 2.15. The Morgan fingerprint density at radius 2 is 1.71 bits per heavy atom. The van der Waals surface area contributed by atoms with Gasteiger partial charge in [0.2, 0.25) is 10.0 Å². The fourth-order valence-corrected chi connectivity index (χ4v) is 2.29. The average molecular weight is 256 g/mol. The maximum Gasteiger partial charge on any atom is 0.214 e. The van der Waals surface area contributed by atoms with Gasteiger partial charge in [0, 0.05) is 12.6 Å². The minimum atomic E-state index is -3.24. The van der Waals surface area contributed by atoms with E-state index in [1.165, 1.54) is 0 Å². The molecule has 0 aliphatic heterocycles. The lowest BCUT2D eigenvalue weighted by molar-refractivity contribution is 0.558. The first-order chi connectivity index (χ1) is 7.86. The van der Waals surface area contributed by atoms with Crippen LogP contribution in [0.15, 0.2) is 24.3 Å². The van der Waals surface area contributed by atoms with E-state index in [0.29, 0.717) is 6.54 Å². The van der Waals surface area contributed by atoms with E-state index in [-0.39, 0.29) is 6.04 Å². The van der Waals surface area contributed by atoms with Crippen molar-refractivity contribution in [3.63, 3.8) is 0 Å². The van der Waals surface area contributed by atoms with Crippen molar-refractivity contribution in [3.05, 3.63) is 35.4 Å². The molecule has 0 radical (unpaired) electrons. The van der Waals surface area contributed by atoms with E-state index in [0.717, 1.165) is 11.1 Å². The van der Waals surface area contributed by atoms with Gasteiger partial charge < -0.3 is 5.73 Å². The summed E-state index contributed by atoms with van der Waals surface area (Å²) in [6.45, 7) is 5.64. The highest BCUT2D eigenvalue weighted by Gasteiger charge is 2.19. The molecule has 0 aliphatic rings. The third kappa shape index (κ3) is 3.80. The van der Waals surface area contributed by atoms with Crippen molar-refractivity contribution in [2.24, 2.45) is 5.73 Å². The number of benzene rings is 1. The summed E-state index contributed by atoms with van der Waals surface area (Å²) < 4.78 is 26.1. The molecule has 1 aromatic rings. The van der Waals surface area contributed by atoms with Gasteiger partial charge in [-0.05, 0) is 31.9 Å². The van der Waals surface area contributed by atoms with Gasteiger partial charge >= 0.3 is 0 Å². The second kappa shape index (κ2) is 5.62. The Bertz CT molecular complexity index is 452.